The zero-order chi connectivity index (χ0) is 28.8. The van der Waals surface area contributed by atoms with E-state index in [1.807, 2.05) is 24.3 Å². The molecule has 1 saturated heterocycles. The molecule has 222 valence electrons. The Bertz CT molecular complexity index is 940. The highest BCUT2D eigenvalue weighted by Crippen LogP contribution is 2.54. The van der Waals surface area contributed by atoms with Gasteiger partial charge in [-0.05, 0) is 63.4 Å². The molecule has 1 aliphatic heterocycles. The number of hydrogen-bond donors (Lipinski definition) is 2. The standard InChI is InChI=1S/C33H52BNO5/c1-5-6-13-26-14-16-27(17-15-26)29(37)23-28(25(4)36)31(38)35-30(22-24(2)3)34-39-32(18-9-7-10-19-32)33(40-34)20-11-8-12-21-33/h14-17,24-25,28,30,36H,5-13,18-23H2,1-4H3,(H,35,38)/t25-,28+,30+/m1/s1. The van der Waals surface area contributed by atoms with Crippen LogP contribution in [0.1, 0.15) is 134 Å². The zero-order valence-corrected chi connectivity index (χ0v) is 25.4. The minimum Gasteiger partial charge on any atom is -0.401 e. The second kappa shape index (κ2) is 14.0. The Morgan fingerprint density at radius 3 is 1.95 bits per heavy atom. The first-order valence-corrected chi connectivity index (χ1v) is 16.1. The van der Waals surface area contributed by atoms with Crippen molar-refractivity contribution in [3.63, 3.8) is 0 Å². The molecule has 6 nitrogen and oxygen atoms in total. The summed E-state index contributed by atoms with van der Waals surface area (Å²) in [5.41, 5.74) is 1.26. The number of unbranched alkanes of at least 4 members (excludes halogenated alkanes) is 1. The fraction of sp³-hybridized carbons (Fsp3) is 0.758. The first kappa shape index (κ1) is 31.2. The number of ketones is 1. The molecule has 3 atom stereocenters. The molecule has 3 fully saturated rings. The normalized spacial score (nSPS) is 22.4. The molecule has 1 aromatic carbocycles. The maximum absolute atomic E-state index is 13.7. The largest absolute Gasteiger partial charge is 0.481 e. The Hall–Kier alpha value is -1.70. The van der Waals surface area contributed by atoms with Crippen LogP contribution in [0.25, 0.3) is 0 Å². The third-order valence-electron chi connectivity index (χ3n) is 9.64. The molecule has 2 saturated carbocycles. The van der Waals surface area contributed by atoms with Crippen LogP contribution in [0.15, 0.2) is 24.3 Å². The number of amides is 1. The highest BCUT2D eigenvalue weighted by molar-refractivity contribution is 6.48. The number of fused-ring (bicyclic) bond motifs is 1. The molecule has 2 spiro atoms. The number of rotatable bonds is 12. The van der Waals surface area contributed by atoms with E-state index in [4.69, 9.17) is 9.31 Å². The number of aryl methyl sites for hydroxylation is 1. The number of carbonyl (C=O) groups excluding carboxylic acids is 2. The van der Waals surface area contributed by atoms with Gasteiger partial charge in [0, 0.05) is 12.0 Å². The lowest BCUT2D eigenvalue weighted by Crippen LogP contribution is -2.53. The van der Waals surface area contributed by atoms with Crippen LogP contribution in [-0.4, -0.2) is 47.2 Å². The van der Waals surface area contributed by atoms with Crippen molar-refractivity contribution in [3.05, 3.63) is 35.4 Å². The summed E-state index contributed by atoms with van der Waals surface area (Å²) in [6, 6.07) is 7.69. The topological polar surface area (TPSA) is 84.9 Å². The summed E-state index contributed by atoms with van der Waals surface area (Å²) in [4.78, 5) is 26.8. The molecule has 1 aromatic rings. The van der Waals surface area contributed by atoms with Crippen LogP contribution in [0, 0.1) is 11.8 Å². The summed E-state index contributed by atoms with van der Waals surface area (Å²) in [6.07, 6.45) is 14.2. The van der Waals surface area contributed by atoms with Crippen molar-refractivity contribution in [2.75, 3.05) is 0 Å². The highest BCUT2D eigenvalue weighted by atomic mass is 16.7. The van der Waals surface area contributed by atoms with Crippen LogP contribution in [0.3, 0.4) is 0 Å². The first-order valence-electron chi connectivity index (χ1n) is 16.1. The quantitative estimate of drug-likeness (QED) is 0.225. The number of carbonyl (C=O) groups is 2. The average molecular weight is 554 g/mol. The number of Topliss-reactive ketones (excluding diaryl/α,β-unsaturated/α-hetero) is 1. The van der Waals surface area contributed by atoms with Crippen LogP contribution >= 0.6 is 0 Å². The minimum atomic E-state index is -0.952. The van der Waals surface area contributed by atoms with Crippen molar-refractivity contribution >= 4 is 18.8 Å². The third kappa shape index (κ3) is 7.20. The monoisotopic (exact) mass is 553 g/mol. The summed E-state index contributed by atoms with van der Waals surface area (Å²) in [6.45, 7) is 8.04. The SMILES string of the molecule is CCCCc1ccc(C(=O)C[C@H](C(=O)N[C@@H](CC(C)C)B2OC3(CCCCC3)C3(CCCCC3)O2)[C@@H](C)O)cc1. The van der Waals surface area contributed by atoms with Gasteiger partial charge in [0.1, 0.15) is 0 Å². The molecule has 0 bridgehead atoms. The lowest BCUT2D eigenvalue weighted by Gasteiger charge is -2.48. The number of benzene rings is 1. The van der Waals surface area contributed by atoms with E-state index in [0.717, 1.165) is 70.6 Å². The molecule has 0 radical (unpaired) electrons. The van der Waals surface area contributed by atoms with Crippen LogP contribution in [-0.2, 0) is 20.5 Å². The average Bonchev–Trinajstić information content (AvgIpc) is 3.22. The zero-order valence-electron chi connectivity index (χ0n) is 25.4. The summed E-state index contributed by atoms with van der Waals surface area (Å²) in [5, 5.41) is 13.8. The van der Waals surface area contributed by atoms with Crippen molar-refractivity contribution in [3.8, 4) is 0 Å². The predicted octanol–water partition coefficient (Wildman–Crippen LogP) is 6.61. The molecule has 0 unspecified atom stereocenters. The van der Waals surface area contributed by atoms with Gasteiger partial charge in [0.15, 0.2) is 5.78 Å². The first-order chi connectivity index (χ1) is 19.2. The Morgan fingerprint density at radius 1 is 0.925 bits per heavy atom. The van der Waals surface area contributed by atoms with Gasteiger partial charge < -0.3 is 19.7 Å². The van der Waals surface area contributed by atoms with E-state index in [2.05, 4.69) is 26.1 Å². The lowest BCUT2D eigenvalue weighted by atomic mass is 9.66. The van der Waals surface area contributed by atoms with Crippen molar-refractivity contribution in [2.45, 2.75) is 147 Å². The van der Waals surface area contributed by atoms with Crippen LogP contribution in [0.5, 0.6) is 0 Å². The molecule has 1 heterocycles. The Kier molecular flexibility index (Phi) is 10.9. The fourth-order valence-corrected chi connectivity index (χ4v) is 7.31. The maximum atomic E-state index is 13.7. The van der Waals surface area contributed by atoms with Crippen molar-refractivity contribution in [2.24, 2.45) is 11.8 Å². The third-order valence-corrected chi connectivity index (χ3v) is 9.64. The van der Waals surface area contributed by atoms with Gasteiger partial charge in [-0.15, -0.1) is 0 Å². The molecule has 0 aromatic heterocycles. The second-order valence-electron chi connectivity index (χ2n) is 13.2. The van der Waals surface area contributed by atoms with E-state index in [1.165, 1.54) is 18.4 Å². The molecule has 4 rings (SSSR count). The molecular weight excluding hydrogens is 501 g/mol. The van der Waals surface area contributed by atoms with E-state index < -0.39 is 19.1 Å². The van der Waals surface area contributed by atoms with Gasteiger partial charge >= 0.3 is 7.12 Å². The summed E-state index contributed by atoms with van der Waals surface area (Å²) in [7, 11) is -0.511. The molecule has 1 amide bonds. The number of aliphatic hydroxyl groups excluding tert-OH is 1. The maximum Gasteiger partial charge on any atom is 0.481 e. The smallest absolute Gasteiger partial charge is 0.401 e. The van der Waals surface area contributed by atoms with Gasteiger partial charge in [-0.1, -0.05) is 90.0 Å². The minimum absolute atomic E-state index is 0.0353. The molecule has 40 heavy (non-hydrogen) atoms. The summed E-state index contributed by atoms with van der Waals surface area (Å²) >= 11 is 0. The van der Waals surface area contributed by atoms with Gasteiger partial charge in [0.25, 0.3) is 0 Å². The molecule has 7 heteroatoms. The Balaban J connectivity index is 1.47. The van der Waals surface area contributed by atoms with E-state index in [-0.39, 0.29) is 35.3 Å². The second-order valence-corrected chi connectivity index (χ2v) is 13.2. The number of nitrogens with one attached hydrogen (secondary N) is 1. The molecule has 3 aliphatic rings. The fourth-order valence-electron chi connectivity index (χ4n) is 7.31. The van der Waals surface area contributed by atoms with Crippen molar-refractivity contribution in [1.29, 1.82) is 0 Å². The van der Waals surface area contributed by atoms with E-state index in [9.17, 15) is 14.7 Å². The highest BCUT2D eigenvalue weighted by Gasteiger charge is 2.63. The van der Waals surface area contributed by atoms with Crippen LogP contribution in [0.4, 0.5) is 0 Å². The van der Waals surface area contributed by atoms with Crippen LogP contribution < -0.4 is 5.32 Å². The van der Waals surface area contributed by atoms with Gasteiger partial charge in [-0.2, -0.15) is 0 Å². The van der Waals surface area contributed by atoms with Gasteiger partial charge in [0.2, 0.25) is 5.91 Å². The number of hydrogen-bond acceptors (Lipinski definition) is 5. The summed E-state index contributed by atoms with van der Waals surface area (Å²) in [5.74, 6) is -1.28. The summed E-state index contributed by atoms with van der Waals surface area (Å²) < 4.78 is 13.8. The van der Waals surface area contributed by atoms with Gasteiger partial charge in [-0.25, -0.2) is 0 Å². The molecular formula is C33H52BNO5. The van der Waals surface area contributed by atoms with Gasteiger partial charge in [-0.3, -0.25) is 9.59 Å². The van der Waals surface area contributed by atoms with Crippen molar-refractivity contribution in [1.82, 2.24) is 5.32 Å². The van der Waals surface area contributed by atoms with Crippen LogP contribution in [0.2, 0.25) is 0 Å². The van der Waals surface area contributed by atoms with E-state index in [0.29, 0.717) is 17.9 Å². The number of aliphatic hydroxyl groups is 1. The van der Waals surface area contributed by atoms with E-state index in [1.54, 1.807) is 6.92 Å². The van der Waals surface area contributed by atoms with E-state index >= 15 is 0 Å². The Morgan fingerprint density at radius 2 is 1.48 bits per heavy atom. The van der Waals surface area contributed by atoms with Crippen molar-refractivity contribution < 1.29 is 24.0 Å². The van der Waals surface area contributed by atoms with Gasteiger partial charge in [0.05, 0.1) is 29.2 Å². The molecule has 2 aliphatic carbocycles. The lowest BCUT2D eigenvalue weighted by molar-refractivity contribution is -0.128. The predicted molar refractivity (Wildman–Crippen MR) is 160 cm³/mol. The molecule has 2 N–H and O–H groups in total. The Labute approximate surface area is 242 Å².